The highest BCUT2D eigenvalue weighted by Crippen LogP contribution is 2.32. The van der Waals surface area contributed by atoms with Crippen molar-refractivity contribution in [1.29, 1.82) is 0 Å². The molecule has 1 amide bonds. The Morgan fingerprint density at radius 2 is 1.88 bits per heavy atom. The predicted molar refractivity (Wildman–Crippen MR) is 101 cm³/mol. The van der Waals surface area contributed by atoms with Crippen molar-refractivity contribution in [3.8, 4) is 0 Å². The van der Waals surface area contributed by atoms with E-state index in [1.54, 1.807) is 6.20 Å². The van der Waals surface area contributed by atoms with Gasteiger partial charge in [0, 0.05) is 31.5 Å². The second kappa shape index (κ2) is 7.52. The fourth-order valence-corrected chi connectivity index (χ4v) is 4.14. The molecule has 0 spiro atoms. The van der Waals surface area contributed by atoms with Crippen molar-refractivity contribution in [2.24, 2.45) is 0 Å². The van der Waals surface area contributed by atoms with Gasteiger partial charge >= 0.3 is 0 Å². The second-order valence-corrected chi connectivity index (χ2v) is 7.41. The van der Waals surface area contributed by atoms with E-state index in [0.29, 0.717) is 5.69 Å². The fourth-order valence-electron chi connectivity index (χ4n) is 4.14. The monoisotopic (exact) mass is 353 g/mol. The van der Waals surface area contributed by atoms with Crippen LogP contribution in [0, 0.1) is 6.92 Å². The minimum atomic E-state index is 0.0101. The third kappa shape index (κ3) is 3.48. The molecule has 2 aliphatic rings. The smallest absolute Gasteiger partial charge is 0.273 e. The standard InChI is InChI=1S/C21H27N3O2/c1-16-8-9-20(26-16)19-7-3-2-4-14-24(19)21(25)18-15-17(10-11-22-18)23-12-5-6-13-23/h8-11,15,19H,2-7,12-14H2,1H3. The summed E-state index contributed by atoms with van der Waals surface area (Å²) < 4.78 is 5.88. The number of rotatable bonds is 3. The van der Waals surface area contributed by atoms with E-state index >= 15 is 0 Å². The van der Waals surface area contributed by atoms with Gasteiger partial charge in [-0.2, -0.15) is 0 Å². The van der Waals surface area contributed by atoms with E-state index in [0.717, 1.165) is 62.5 Å². The lowest BCUT2D eigenvalue weighted by atomic mass is 10.1. The lowest BCUT2D eigenvalue weighted by Crippen LogP contribution is -2.35. The fraction of sp³-hybridized carbons (Fsp3) is 0.524. The van der Waals surface area contributed by atoms with E-state index in [1.165, 1.54) is 12.8 Å². The number of aromatic nitrogens is 1. The van der Waals surface area contributed by atoms with Crippen LogP contribution in [0.3, 0.4) is 0 Å². The molecular formula is C21H27N3O2. The Balaban J connectivity index is 1.61. The molecule has 4 rings (SSSR count). The summed E-state index contributed by atoms with van der Waals surface area (Å²) in [5, 5.41) is 0. The SMILES string of the molecule is Cc1ccc(C2CCCCCN2C(=O)c2cc(N3CCCC3)ccn2)o1. The number of likely N-dealkylation sites (tertiary alicyclic amines) is 1. The van der Waals surface area contributed by atoms with Crippen LogP contribution in [-0.2, 0) is 0 Å². The number of aryl methyl sites for hydroxylation is 1. The molecule has 1 unspecified atom stereocenters. The maximum absolute atomic E-state index is 13.3. The minimum Gasteiger partial charge on any atom is -0.464 e. The summed E-state index contributed by atoms with van der Waals surface area (Å²) in [5.74, 6) is 1.81. The largest absolute Gasteiger partial charge is 0.464 e. The molecule has 5 nitrogen and oxygen atoms in total. The topological polar surface area (TPSA) is 49.6 Å². The highest BCUT2D eigenvalue weighted by atomic mass is 16.3. The van der Waals surface area contributed by atoms with Gasteiger partial charge in [-0.3, -0.25) is 9.78 Å². The Kier molecular flexibility index (Phi) is 4.96. The summed E-state index contributed by atoms with van der Waals surface area (Å²) in [4.78, 5) is 22.0. The van der Waals surface area contributed by atoms with Crippen LogP contribution in [0.15, 0.2) is 34.9 Å². The lowest BCUT2D eigenvalue weighted by Gasteiger charge is -2.28. The zero-order chi connectivity index (χ0) is 17.9. The molecule has 0 aromatic carbocycles. The zero-order valence-electron chi connectivity index (χ0n) is 15.5. The van der Waals surface area contributed by atoms with Crippen LogP contribution in [0.25, 0.3) is 0 Å². The van der Waals surface area contributed by atoms with Gasteiger partial charge in [0.25, 0.3) is 5.91 Å². The van der Waals surface area contributed by atoms with Gasteiger partial charge in [-0.1, -0.05) is 12.8 Å². The first-order chi connectivity index (χ1) is 12.7. The molecule has 2 saturated heterocycles. The van der Waals surface area contributed by atoms with E-state index in [1.807, 2.05) is 36.1 Å². The molecule has 0 aliphatic carbocycles. The van der Waals surface area contributed by atoms with Gasteiger partial charge in [0.1, 0.15) is 17.2 Å². The van der Waals surface area contributed by atoms with Gasteiger partial charge in [0.2, 0.25) is 0 Å². The van der Waals surface area contributed by atoms with E-state index in [9.17, 15) is 4.79 Å². The molecule has 138 valence electrons. The average Bonchev–Trinajstić information content (AvgIpc) is 3.28. The van der Waals surface area contributed by atoms with Gasteiger partial charge in [0.05, 0.1) is 6.04 Å². The molecule has 1 atom stereocenters. The molecular weight excluding hydrogens is 326 g/mol. The minimum absolute atomic E-state index is 0.0101. The van der Waals surface area contributed by atoms with Crippen LogP contribution in [0.1, 0.15) is 66.6 Å². The predicted octanol–water partition coefficient (Wildman–Crippen LogP) is 4.34. The molecule has 2 fully saturated rings. The number of anilines is 1. The number of carbonyl (C=O) groups excluding carboxylic acids is 1. The molecule has 0 radical (unpaired) electrons. The summed E-state index contributed by atoms with van der Waals surface area (Å²) in [6.45, 7) is 4.84. The van der Waals surface area contributed by atoms with Gasteiger partial charge in [-0.25, -0.2) is 0 Å². The van der Waals surface area contributed by atoms with Crippen molar-refractivity contribution in [1.82, 2.24) is 9.88 Å². The summed E-state index contributed by atoms with van der Waals surface area (Å²) >= 11 is 0. The number of hydrogen-bond donors (Lipinski definition) is 0. The van der Waals surface area contributed by atoms with E-state index in [2.05, 4.69) is 9.88 Å². The maximum atomic E-state index is 13.3. The van der Waals surface area contributed by atoms with Gasteiger partial charge in [0.15, 0.2) is 0 Å². The first-order valence-electron chi connectivity index (χ1n) is 9.81. The maximum Gasteiger partial charge on any atom is 0.273 e. The average molecular weight is 353 g/mol. The number of carbonyl (C=O) groups is 1. The lowest BCUT2D eigenvalue weighted by molar-refractivity contribution is 0.0651. The molecule has 4 heterocycles. The first kappa shape index (κ1) is 17.1. The van der Waals surface area contributed by atoms with Crippen LogP contribution in [0.2, 0.25) is 0 Å². The third-order valence-corrected chi connectivity index (χ3v) is 5.54. The van der Waals surface area contributed by atoms with Crippen molar-refractivity contribution in [2.75, 3.05) is 24.5 Å². The molecule has 0 saturated carbocycles. The second-order valence-electron chi connectivity index (χ2n) is 7.41. The normalized spacial score (nSPS) is 21.0. The highest BCUT2D eigenvalue weighted by Gasteiger charge is 2.30. The summed E-state index contributed by atoms with van der Waals surface area (Å²) in [5.41, 5.74) is 1.66. The van der Waals surface area contributed by atoms with Crippen molar-refractivity contribution in [3.63, 3.8) is 0 Å². The van der Waals surface area contributed by atoms with Crippen molar-refractivity contribution < 1.29 is 9.21 Å². The van der Waals surface area contributed by atoms with E-state index in [4.69, 9.17) is 4.42 Å². The molecule has 26 heavy (non-hydrogen) atoms. The summed E-state index contributed by atoms with van der Waals surface area (Å²) in [6.07, 6.45) is 8.47. The van der Waals surface area contributed by atoms with Gasteiger partial charge in [-0.15, -0.1) is 0 Å². The molecule has 0 bridgehead atoms. The van der Waals surface area contributed by atoms with Crippen molar-refractivity contribution in [2.45, 2.75) is 51.5 Å². The van der Waals surface area contributed by atoms with Crippen LogP contribution < -0.4 is 4.90 Å². The Hall–Kier alpha value is -2.30. The number of pyridine rings is 1. The molecule has 2 aromatic heterocycles. The van der Waals surface area contributed by atoms with Crippen LogP contribution in [-0.4, -0.2) is 35.4 Å². The molecule has 5 heteroatoms. The molecule has 2 aromatic rings. The van der Waals surface area contributed by atoms with Crippen molar-refractivity contribution >= 4 is 11.6 Å². The summed E-state index contributed by atoms with van der Waals surface area (Å²) in [7, 11) is 0. The van der Waals surface area contributed by atoms with E-state index in [-0.39, 0.29) is 11.9 Å². The number of amides is 1. The third-order valence-electron chi connectivity index (χ3n) is 5.54. The Morgan fingerprint density at radius 1 is 1.08 bits per heavy atom. The first-order valence-corrected chi connectivity index (χ1v) is 9.81. The van der Waals surface area contributed by atoms with E-state index < -0.39 is 0 Å². The number of nitrogens with zero attached hydrogens (tertiary/aromatic N) is 3. The van der Waals surface area contributed by atoms with Gasteiger partial charge < -0.3 is 14.2 Å². The number of hydrogen-bond acceptors (Lipinski definition) is 4. The Morgan fingerprint density at radius 3 is 2.65 bits per heavy atom. The van der Waals surface area contributed by atoms with Crippen LogP contribution in [0.5, 0.6) is 0 Å². The zero-order valence-corrected chi connectivity index (χ0v) is 15.5. The Labute approximate surface area is 155 Å². The summed E-state index contributed by atoms with van der Waals surface area (Å²) in [6, 6.07) is 7.98. The molecule has 2 aliphatic heterocycles. The quantitative estimate of drug-likeness (QED) is 0.823. The Bertz CT molecular complexity index is 764. The van der Waals surface area contributed by atoms with Crippen LogP contribution >= 0.6 is 0 Å². The number of furan rings is 1. The molecule has 0 N–H and O–H groups in total. The van der Waals surface area contributed by atoms with Gasteiger partial charge in [-0.05, 0) is 56.9 Å². The van der Waals surface area contributed by atoms with Crippen LogP contribution in [0.4, 0.5) is 5.69 Å². The highest BCUT2D eigenvalue weighted by molar-refractivity contribution is 5.93. The van der Waals surface area contributed by atoms with Crippen molar-refractivity contribution in [3.05, 3.63) is 47.7 Å².